The second-order valence-electron chi connectivity index (χ2n) is 7.72. The summed E-state index contributed by atoms with van der Waals surface area (Å²) in [5, 5.41) is 12.8. The predicted molar refractivity (Wildman–Crippen MR) is 115 cm³/mol. The summed E-state index contributed by atoms with van der Waals surface area (Å²) >= 11 is 6.27. The number of benzene rings is 1. The smallest absolute Gasteiger partial charge is 0.255 e. The normalized spacial score (nSPS) is 12.2. The van der Waals surface area contributed by atoms with Crippen LogP contribution in [0.1, 0.15) is 45.6 Å². The maximum Gasteiger partial charge on any atom is 0.255 e. The molecule has 7 heteroatoms. The molecule has 0 bridgehead atoms. The van der Waals surface area contributed by atoms with E-state index in [1.54, 1.807) is 0 Å². The number of nitrogens with zero attached hydrogens (tertiary/aromatic N) is 4. The van der Waals surface area contributed by atoms with Crippen molar-refractivity contribution in [3.8, 4) is 0 Å². The van der Waals surface area contributed by atoms with Crippen LogP contribution in [0.25, 0.3) is 0 Å². The van der Waals surface area contributed by atoms with Crippen molar-refractivity contribution in [3.63, 3.8) is 0 Å². The van der Waals surface area contributed by atoms with Gasteiger partial charge in [0, 0.05) is 29.5 Å². The highest BCUT2D eigenvalue weighted by Gasteiger charge is 2.20. The zero-order chi connectivity index (χ0) is 21.1. The average molecular weight is 414 g/mol. The van der Waals surface area contributed by atoms with Gasteiger partial charge < -0.3 is 5.32 Å². The molecule has 3 rings (SSSR count). The van der Waals surface area contributed by atoms with Crippen LogP contribution in [0.4, 0.5) is 0 Å². The Morgan fingerprint density at radius 2 is 1.86 bits per heavy atom. The average Bonchev–Trinajstić information content (AvgIpc) is 3.12. The van der Waals surface area contributed by atoms with E-state index in [2.05, 4.69) is 28.5 Å². The summed E-state index contributed by atoms with van der Waals surface area (Å²) in [6.07, 6.45) is 0. The molecule has 0 aliphatic heterocycles. The third-order valence-corrected chi connectivity index (χ3v) is 5.45. The number of amides is 1. The Morgan fingerprint density at radius 1 is 1.14 bits per heavy atom. The molecule has 2 heterocycles. The van der Waals surface area contributed by atoms with Gasteiger partial charge in [-0.2, -0.15) is 10.2 Å². The summed E-state index contributed by atoms with van der Waals surface area (Å²) in [6, 6.07) is 9.74. The number of rotatable bonds is 7. The van der Waals surface area contributed by atoms with E-state index in [-0.39, 0.29) is 11.8 Å². The molecule has 0 fully saturated rings. The summed E-state index contributed by atoms with van der Waals surface area (Å²) in [5.74, 6) is 0.168. The van der Waals surface area contributed by atoms with E-state index in [1.165, 1.54) is 0 Å². The number of hydrogen-bond donors (Lipinski definition) is 1. The molecule has 29 heavy (non-hydrogen) atoms. The van der Waals surface area contributed by atoms with Crippen molar-refractivity contribution >= 4 is 17.5 Å². The number of aromatic nitrogens is 4. The van der Waals surface area contributed by atoms with E-state index < -0.39 is 0 Å². The van der Waals surface area contributed by atoms with Crippen LogP contribution in [0.3, 0.4) is 0 Å². The fourth-order valence-electron chi connectivity index (χ4n) is 3.54. The lowest BCUT2D eigenvalue weighted by molar-refractivity contribution is 0.0945. The third-order valence-electron chi connectivity index (χ3n) is 5.09. The van der Waals surface area contributed by atoms with Gasteiger partial charge in [0.2, 0.25) is 0 Å². The maximum absolute atomic E-state index is 12.8. The van der Waals surface area contributed by atoms with Gasteiger partial charge in [0.25, 0.3) is 5.91 Å². The topological polar surface area (TPSA) is 64.7 Å². The van der Waals surface area contributed by atoms with Gasteiger partial charge >= 0.3 is 0 Å². The van der Waals surface area contributed by atoms with Crippen LogP contribution >= 0.6 is 11.6 Å². The Bertz CT molecular complexity index is 1020. The first-order chi connectivity index (χ1) is 13.8. The van der Waals surface area contributed by atoms with E-state index in [4.69, 9.17) is 11.6 Å². The molecular weight excluding hydrogens is 386 g/mol. The highest BCUT2D eigenvalue weighted by Crippen LogP contribution is 2.19. The Balaban J connectivity index is 1.65. The van der Waals surface area contributed by atoms with Gasteiger partial charge in [-0.1, -0.05) is 36.7 Å². The highest BCUT2D eigenvalue weighted by atomic mass is 35.5. The molecule has 1 aromatic carbocycles. The summed E-state index contributed by atoms with van der Waals surface area (Å²) in [5.41, 5.74) is 5.31. The standard InChI is InChI=1S/C22H28ClN5O/c1-14(12-27-16(3)10-15(2)25-27)11-24-22(29)21-17(4)26-28(18(21)5)13-19-8-6-7-9-20(19)23/h6-10,14H,11-13H2,1-5H3,(H,24,29). The summed E-state index contributed by atoms with van der Waals surface area (Å²) < 4.78 is 3.83. The Hall–Kier alpha value is -2.60. The number of aryl methyl sites for hydroxylation is 3. The SMILES string of the molecule is Cc1cc(C)n(CC(C)CNC(=O)c2c(C)nn(Cc3ccccc3Cl)c2C)n1. The first-order valence-electron chi connectivity index (χ1n) is 9.83. The van der Waals surface area contributed by atoms with Gasteiger partial charge in [0.15, 0.2) is 0 Å². The molecule has 0 saturated carbocycles. The van der Waals surface area contributed by atoms with Gasteiger partial charge in [0.05, 0.1) is 23.5 Å². The molecule has 0 aliphatic carbocycles. The van der Waals surface area contributed by atoms with Crippen molar-refractivity contribution in [2.75, 3.05) is 6.54 Å². The van der Waals surface area contributed by atoms with Crippen LogP contribution < -0.4 is 5.32 Å². The first-order valence-corrected chi connectivity index (χ1v) is 10.2. The Morgan fingerprint density at radius 3 is 2.52 bits per heavy atom. The van der Waals surface area contributed by atoms with Crippen LogP contribution in [-0.4, -0.2) is 32.0 Å². The minimum atomic E-state index is -0.0920. The monoisotopic (exact) mass is 413 g/mol. The zero-order valence-corrected chi connectivity index (χ0v) is 18.4. The summed E-state index contributed by atoms with van der Waals surface area (Å²) in [7, 11) is 0. The van der Waals surface area contributed by atoms with Gasteiger partial charge in [-0.15, -0.1) is 0 Å². The maximum atomic E-state index is 12.8. The van der Waals surface area contributed by atoms with Crippen molar-refractivity contribution in [1.82, 2.24) is 24.9 Å². The predicted octanol–water partition coefficient (Wildman–Crippen LogP) is 4.08. The zero-order valence-electron chi connectivity index (χ0n) is 17.7. The molecule has 1 N–H and O–H groups in total. The lowest BCUT2D eigenvalue weighted by Gasteiger charge is -2.14. The van der Waals surface area contributed by atoms with Crippen molar-refractivity contribution in [3.05, 3.63) is 69.3 Å². The van der Waals surface area contributed by atoms with Gasteiger partial charge in [-0.3, -0.25) is 14.2 Å². The van der Waals surface area contributed by atoms with E-state index >= 15 is 0 Å². The molecule has 154 valence electrons. The van der Waals surface area contributed by atoms with Crippen LogP contribution in [0.2, 0.25) is 5.02 Å². The number of hydrogen-bond acceptors (Lipinski definition) is 3. The lowest BCUT2D eigenvalue weighted by atomic mass is 10.1. The molecule has 1 unspecified atom stereocenters. The van der Waals surface area contributed by atoms with E-state index in [0.29, 0.717) is 23.7 Å². The fourth-order valence-corrected chi connectivity index (χ4v) is 3.74. The molecular formula is C22H28ClN5O. The second-order valence-corrected chi connectivity index (χ2v) is 8.13. The molecule has 2 aromatic heterocycles. The van der Waals surface area contributed by atoms with E-state index in [1.807, 2.05) is 61.3 Å². The van der Waals surface area contributed by atoms with Crippen LogP contribution in [0.15, 0.2) is 30.3 Å². The van der Waals surface area contributed by atoms with Gasteiger partial charge in [-0.25, -0.2) is 0 Å². The molecule has 0 radical (unpaired) electrons. The Labute approximate surface area is 176 Å². The molecule has 0 saturated heterocycles. The summed E-state index contributed by atoms with van der Waals surface area (Å²) in [6.45, 7) is 11.8. The lowest BCUT2D eigenvalue weighted by Crippen LogP contribution is -2.31. The van der Waals surface area contributed by atoms with Gasteiger partial charge in [-0.05, 0) is 51.3 Å². The quantitative estimate of drug-likeness (QED) is 0.634. The molecule has 1 amide bonds. The Kier molecular flexibility index (Phi) is 6.42. The number of nitrogens with one attached hydrogen (secondary N) is 1. The van der Waals surface area contributed by atoms with Crippen molar-refractivity contribution in [2.45, 2.75) is 47.7 Å². The second kappa shape index (κ2) is 8.82. The molecule has 0 aliphatic rings. The largest absolute Gasteiger partial charge is 0.352 e. The summed E-state index contributed by atoms with van der Waals surface area (Å²) in [4.78, 5) is 12.8. The van der Waals surface area contributed by atoms with Crippen molar-refractivity contribution < 1.29 is 4.79 Å². The fraction of sp³-hybridized carbons (Fsp3) is 0.409. The number of carbonyl (C=O) groups excluding carboxylic acids is 1. The highest BCUT2D eigenvalue weighted by molar-refractivity contribution is 6.31. The van der Waals surface area contributed by atoms with Crippen LogP contribution in [0, 0.1) is 33.6 Å². The minimum Gasteiger partial charge on any atom is -0.352 e. The van der Waals surface area contributed by atoms with Crippen LogP contribution in [-0.2, 0) is 13.1 Å². The number of halogens is 1. The molecule has 6 nitrogen and oxygen atoms in total. The van der Waals surface area contributed by atoms with E-state index in [0.717, 1.165) is 34.9 Å². The van der Waals surface area contributed by atoms with Crippen LogP contribution in [0.5, 0.6) is 0 Å². The van der Waals surface area contributed by atoms with E-state index in [9.17, 15) is 4.79 Å². The molecule has 3 aromatic rings. The number of carbonyl (C=O) groups is 1. The minimum absolute atomic E-state index is 0.0920. The molecule has 0 spiro atoms. The van der Waals surface area contributed by atoms with Crippen molar-refractivity contribution in [2.24, 2.45) is 5.92 Å². The first kappa shape index (κ1) is 21.1. The van der Waals surface area contributed by atoms with Gasteiger partial charge in [0.1, 0.15) is 0 Å². The third kappa shape index (κ3) is 4.88. The molecule has 1 atom stereocenters. The van der Waals surface area contributed by atoms with Crippen molar-refractivity contribution in [1.29, 1.82) is 0 Å².